The molecule has 0 saturated carbocycles. The third kappa shape index (κ3) is 3.05. The van der Waals surface area contributed by atoms with Crippen LogP contribution < -0.4 is 9.84 Å². The number of nitrogens with zero attached hydrogens (tertiary/aromatic N) is 2. The van der Waals surface area contributed by atoms with E-state index in [0.29, 0.717) is 10.4 Å². The summed E-state index contributed by atoms with van der Waals surface area (Å²) in [5.41, 5.74) is 1.70. The van der Waals surface area contributed by atoms with Crippen molar-refractivity contribution in [3.05, 3.63) is 45.0 Å². The molecular formula is C14H16N3O3PS. The molecule has 1 N–H and O–H groups in total. The quantitative estimate of drug-likeness (QED) is 0.524. The summed E-state index contributed by atoms with van der Waals surface area (Å²) in [7, 11) is -2.82. The monoisotopic (exact) mass is 337 g/mol. The molecule has 0 spiro atoms. The van der Waals surface area contributed by atoms with E-state index < -0.39 is 12.2 Å². The number of thiazole rings is 1. The second-order valence-electron chi connectivity index (χ2n) is 5.41. The van der Waals surface area contributed by atoms with Gasteiger partial charge >= 0.3 is 0 Å². The van der Waals surface area contributed by atoms with Crippen LogP contribution in [0.4, 0.5) is 11.4 Å². The summed E-state index contributed by atoms with van der Waals surface area (Å²) in [6.45, 7) is 1.65. The van der Waals surface area contributed by atoms with Crippen molar-refractivity contribution in [2.75, 3.05) is 11.8 Å². The van der Waals surface area contributed by atoms with E-state index in [9.17, 15) is 14.7 Å². The number of nitro groups is 1. The molecule has 116 valence electrons. The molecular weight excluding hydrogens is 321 g/mol. The molecule has 2 aromatic rings. The van der Waals surface area contributed by atoms with E-state index >= 15 is 0 Å². The Labute approximate surface area is 132 Å². The predicted molar refractivity (Wildman–Crippen MR) is 88.6 cm³/mol. The lowest BCUT2D eigenvalue weighted by Crippen LogP contribution is -2.10. The number of hydrogen-bond acceptors (Lipinski definition) is 5. The van der Waals surface area contributed by atoms with Crippen LogP contribution in [-0.2, 0) is 17.4 Å². The standard InChI is InChI=1S/C14H16N3O3PS/c1-21(20,14-15-12-4-2-3-5-13(12)22-14)16-10-6-8-11(9-7-10)17(18)19/h6-9H,2-5H2,1H3,(H,16,20)/t21-/m1/s1. The number of non-ortho nitro benzene ring substituents is 1. The van der Waals surface area contributed by atoms with Gasteiger partial charge < -0.3 is 5.09 Å². The van der Waals surface area contributed by atoms with Crippen LogP contribution >= 0.6 is 18.6 Å². The number of anilines is 1. The fraction of sp³-hybridized carbons (Fsp3) is 0.357. The summed E-state index contributed by atoms with van der Waals surface area (Å²) in [6, 6.07) is 5.94. The molecule has 1 aliphatic carbocycles. The van der Waals surface area contributed by atoms with Gasteiger partial charge in [-0.1, -0.05) is 0 Å². The largest absolute Gasteiger partial charge is 0.331 e. The molecule has 1 atom stereocenters. The highest BCUT2D eigenvalue weighted by Gasteiger charge is 2.26. The first-order valence-electron chi connectivity index (χ1n) is 7.05. The van der Waals surface area contributed by atoms with Gasteiger partial charge in [0.05, 0.1) is 10.6 Å². The van der Waals surface area contributed by atoms with E-state index in [1.807, 2.05) is 0 Å². The van der Waals surface area contributed by atoms with E-state index in [2.05, 4.69) is 10.1 Å². The van der Waals surface area contributed by atoms with Gasteiger partial charge in [0.2, 0.25) is 7.29 Å². The summed E-state index contributed by atoms with van der Waals surface area (Å²) >= 11 is 1.52. The zero-order chi connectivity index (χ0) is 15.7. The van der Waals surface area contributed by atoms with Gasteiger partial charge in [0.25, 0.3) is 5.69 Å². The highest BCUT2D eigenvalue weighted by Crippen LogP contribution is 2.43. The summed E-state index contributed by atoms with van der Waals surface area (Å²) < 4.78 is 13.6. The Bertz CT molecular complexity index is 734. The van der Waals surface area contributed by atoms with Crippen molar-refractivity contribution in [3.63, 3.8) is 0 Å². The minimum absolute atomic E-state index is 0.0150. The molecule has 1 heterocycles. The topological polar surface area (TPSA) is 85.1 Å². The van der Waals surface area contributed by atoms with Crippen LogP contribution in [0.3, 0.4) is 0 Å². The second-order valence-corrected chi connectivity index (χ2v) is 9.30. The lowest BCUT2D eigenvalue weighted by Gasteiger charge is -2.13. The van der Waals surface area contributed by atoms with Crippen LogP contribution in [0, 0.1) is 10.1 Å². The molecule has 0 fully saturated rings. The maximum absolute atomic E-state index is 12.9. The number of rotatable bonds is 4. The Balaban J connectivity index is 1.82. The minimum atomic E-state index is -2.82. The van der Waals surface area contributed by atoms with Gasteiger partial charge in [-0.2, -0.15) is 0 Å². The molecule has 22 heavy (non-hydrogen) atoms. The molecule has 0 saturated heterocycles. The van der Waals surface area contributed by atoms with Gasteiger partial charge in [-0.25, -0.2) is 4.98 Å². The lowest BCUT2D eigenvalue weighted by molar-refractivity contribution is -0.384. The van der Waals surface area contributed by atoms with Crippen LogP contribution in [0.2, 0.25) is 0 Å². The number of fused-ring (bicyclic) bond motifs is 1. The molecule has 0 unspecified atom stereocenters. The van der Waals surface area contributed by atoms with Crippen molar-refractivity contribution >= 4 is 34.8 Å². The van der Waals surface area contributed by atoms with Gasteiger partial charge in [-0.3, -0.25) is 14.7 Å². The summed E-state index contributed by atoms with van der Waals surface area (Å²) in [5, 5.41) is 13.6. The molecule has 0 bridgehead atoms. The molecule has 0 radical (unpaired) electrons. The van der Waals surface area contributed by atoms with Crippen LogP contribution in [0.25, 0.3) is 0 Å². The van der Waals surface area contributed by atoms with Crippen molar-refractivity contribution in [2.45, 2.75) is 25.7 Å². The van der Waals surface area contributed by atoms with Gasteiger partial charge in [-0.05, 0) is 37.8 Å². The first-order chi connectivity index (χ1) is 10.5. The third-order valence-corrected chi connectivity index (χ3v) is 7.41. The van der Waals surface area contributed by atoms with Crippen molar-refractivity contribution in [1.29, 1.82) is 0 Å². The van der Waals surface area contributed by atoms with Crippen molar-refractivity contribution < 1.29 is 9.49 Å². The minimum Gasteiger partial charge on any atom is -0.331 e. The Kier molecular flexibility index (Phi) is 4.02. The lowest BCUT2D eigenvalue weighted by atomic mass is 10.0. The van der Waals surface area contributed by atoms with Gasteiger partial charge in [0.15, 0.2) is 4.75 Å². The van der Waals surface area contributed by atoms with E-state index in [-0.39, 0.29) is 5.69 Å². The smallest absolute Gasteiger partial charge is 0.269 e. The van der Waals surface area contributed by atoms with E-state index in [1.54, 1.807) is 18.8 Å². The number of nitro benzene ring substituents is 1. The number of aryl methyl sites for hydroxylation is 2. The Morgan fingerprint density at radius 3 is 2.59 bits per heavy atom. The second kappa shape index (κ2) is 5.82. The van der Waals surface area contributed by atoms with E-state index in [0.717, 1.165) is 25.0 Å². The fourth-order valence-corrected chi connectivity index (χ4v) is 5.57. The molecule has 0 amide bonds. The molecule has 1 aromatic carbocycles. The van der Waals surface area contributed by atoms with E-state index in [4.69, 9.17) is 0 Å². The SMILES string of the molecule is C[P@](=O)(Nc1ccc([N+](=O)[O-])cc1)c1nc2c(s1)CCCC2. The summed E-state index contributed by atoms with van der Waals surface area (Å²) in [5.74, 6) is 0. The zero-order valence-electron chi connectivity index (χ0n) is 12.1. The highest BCUT2D eigenvalue weighted by molar-refractivity contribution is 7.77. The van der Waals surface area contributed by atoms with E-state index in [1.165, 1.54) is 34.8 Å². The van der Waals surface area contributed by atoms with Crippen LogP contribution in [-0.4, -0.2) is 16.6 Å². The van der Waals surface area contributed by atoms with Gasteiger partial charge in [0.1, 0.15) is 0 Å². The van der Waals surface area contributed by atoms with Crippen LogP contribution in [0.5, 0.6) is 0 Å². The van der Waals surface area contributed by atoms with Gasteiger partial charge in [0, 0.05) is 29.4 Å². The van der Waals surface area contributed by atoms with Crippen molar-refractivity contribution in [1.82, 2.24) is 4.98 Å². The number of benzene rings is 1. The van der Waals surface area contributed by atoms with Gasteiger partial charge in [-0.15, -0.1) is 11.3 Å². The maximum atomic E-state index is 12.9. The average Bonchev–Trinajstić information content (AvgIpc) is 2.92. The Hall–Kier alpha value is -1.72. The molecule has 1 aromatic heterocycles. The first-order valence-corrected chi connectivity index (χ1v) is 10.0. The molecule has 0 aliphatic heterocycles. The zero-order valence-corrected chi connectivity index (χ0v) is 13.8. The molecule has 1 aliphatic rings. The normalized spacial score (nSPS) is 16.6. The van der Waals surface area contributed by atoms with Crippen LogP contribution in [0.15, 0.2) is 24.3 Å². The number of hydrogen-bond donors (Lipinski definition) is 1. The maximum Gasteiger partial charge on any atom is 0.269 e. The highest BCUT2D eigenvalue weighted by atomic mass is 32.1. The van der Waals surface area contributed by atoms with Crippen molar-refractivity contribution in [3.8, 4) is 0 Å². The van der Waals surface area contributed by atoms with Crippen LogP contribution in [0.1, 0.15) is 23.4 Å². The molecule has 3 rings (SSSR count). The number of aromatic nitrogens is 1. The molecule has 8 heteroatoms. The molecule has 6 nitrogen and oxygen atoms in total. The third-order valence-electron chi connectivity index (χ3n) is 3.62. The average molecular weight is 337 g/mol. The summed E-state index contributed by atoms with van der Waals surface area (Å²) in [4.78, 5) is 16.0. The number of nitrogens with one attached hydrogen (secondary N) is 1. The Morgan fingerprint density at radius 2 is 1.95 bits per heavy atom. The Morgan fingerprint density at radius 1 is 1.27 bits per heavy atom. The van der Waals surface area contributed by atoms with Crippen molar-refractivity contribution in [2.24, 2.45) is 0 Å². The first kappa shape index (κ1) is 15.2. The summed E-state index contributed by atoms with van der Waals surface area (Å²) in [6.07, 6.45) is 4.28. The predicted octanol–water partition coefficient (Wildman–Crippen LogP) is 3.58. The fourth-order valence-electron chi connectivity index (χ4n) is 2.47.